The van der Waals surface area contributed by atoms with Crippen LogP contribution in [0.5, 0.6) is 0 Å². The second-order valence-corrected chi connectivity index (χ2v) is 6.04. The number of hydrogen-bond acceptors (Lipinski definition) is 2. The van der Waals surface area contributed by atoms with Gasteiger partial charge in [0.05, 0.1) is 0 Å². The minimum atomic E-state index is 0.296. The van der Waals surface area contributed by atoms with Crippen LogP contribution < -0.4 is 5.32 Å². The minimum Gasteiger partial charge on any atom is -0.313 e. The summed E-state index contributed by atoms with van der Waals surface area (Å²) < 4.78 is 1.04. The summed E-state index contributed by atoms with van der Waals surface area (Å²) in [5, 5.41) is 3.59. The molecule has 0 fully saturated rings. The van der Waals surface area contributed by atoms with Crippen molar-refractivity contribution in [1.29, 1.82) is 0 Å². The van der Waals surface area contributed by atoms with Gasteiger partial charge in [0.25, 0.3) is 0 Å². The summed E-state index contributed by atoms with van der Waals surface area (Å²) >= 11 is 3.42. The summed E-state index contributed by atoms with van der Waals surface area (Å²) in [6.07, 6.45) is 4.03. The van der Waals surface area contributed by atoms with Gasteiger partial charge in [0, 0.05) is 28.8 Å². The first kappa shape index (κ1) is 14.7. The first-order chi connectivity index (χ1) is 7.99. The van der Waals surface area contributed by atoms with E-state index in [1.54, 1.807) is 0 Å². The number of pyridine rings is 1. The van der Waals surface area contributed by atoms with E-state index in [1.807, 2.05) is 6.20 Å². The van der Waals surface area contributed by atoms with Crippen molar-refractivity contribution in [3.63, 3.8) is 0 Å². The maximum Gasteiger partial charge on any atom is 0.0420 e. The minimum absolute atomic E-state index is 0.296. The number of nitrogens with zero attached hydrogens (tertiary/aromatic N) is 1. The number of halogens is 1. The normalized spacial score (nSPS) is 13.7. The van der Waals surface area contributed by atoms with E-state index in [0.29, 0.717) is 11.5 Å². The molecule has 0 saturated heterocycles. The lowest BCUT2D eigenvalue weighted by Crippen LogP contribution is -2.43. The van der Waals surface area contributed by atoms with Gasteiger partial charge < -0.3 is 5.32 Å². The van der Waals surface area contributed by atoms with E-state index in [1.165, 1.54) is 6.42 Å². The van der Waals surface area contributed by atoms with Gasteiger partial charge in [-0.2, -0.15) is 0 Å². The van der Waals surface area contributed by atoms with Crippen molar-refractivity contribution in [2.45, 2.75) is 46.6 Å². The number of likely N-dealkylation sites (N-methyl/N-ethyl adjacent to an activating group) is 1. The first-order valence-corrected chi connectivity index (χ1v) is 7.12. The van der Waals surface area contributed by atoms with Crippen LogP contribution in [0.4, 0.5) is 0 Å². The quantitative estimate of drug-likeness (QED) is 0.864. The van der Waals surface area contributed by atoms with Crippen LogP contribution in [0.1, 0.15) is 39.8 Å². The summed E-state index contributed by atoms with van der Waals surface area (Å²) in [6, 6.07) is 4.64. The van der Waals surface area contributed by atoms with Crippen molar-refractivity contribution in [3.8, 4) is 0 Å². The van der Waals surface area contributed by atoms with Crippen molar-refractivity contribution < 1.29 is 0 Å². The molecule has 0 aliphatic rings. The summed E-state index contributed by atoms with van der Waals surface area (Å²) in [7, 11) is 0. The van der Waals surface area contributed by atoms with Crippen LogP contribution in [0.15, 0.2) is 22.8 Å². The summed E-state index contributed by atoms with van der Waals surface area (Å²) in [5.74, 6) is 0. The molecule has 2 nitrogen and oxygen atoms in total. The van der Waals surface area contributed by atoms with Gasteiger partial charge >= 0.3 is 0 Å². The molecule has 17 heavy (non-hydrogen) atoms. The van der Waals surface area contributed by atoms with E-state index in [4.69, 9.17) is 0 Å². The Kier molecular flexibility index (Phi) is 5.60. The molecule has 1 aromatic rings. The fourth-order valence-electron chi connectivity index (χ4n) is 1.85. The Bertz CT molecular complexity index is 333. The van der Waals surface area contributed by atoms with E-state index in [9.17, 15) is 0 Å². The molecule has 1 atom stereocenters. The Morgan fingerprint density at radius 2 is 2.06 bits per heavy atom. The van der Waals surface area contributed by atoms with Crippen molar-refractivity contribution in [2.75, 3.05) is 6.54 Å². The highest BCUT2D eigenvalue weighted by Gasteiger charge is 2.27. The van der Waals surface area contributed by atoms with Crippen LogP contribution in [0.3, 0.4) is 0 Å². The zero-order chi connectivity index (χ0) is 12.9. The molecule has 0 spiro atoms. The fraction of sp³-hybridized carbons (Fsp3) is 0.643. The average Bonchev–Trinajstić information content (AvgIpc) is 2.31. The maximum atomic E-state index is 4.46. The fourth-order valence-corrected chi connectivity index (χ4v) is 2.09. The smallest absolute Gasteiger partial charge is 0.0420 e. The van der Waals surface area contributed by atoms with Gasteiger partial charge in [0.1, 0.15) is 0 Å². The predicted molar refractivity (Wildman–Crippen MR) is 77.2 cm³/mol. The Morgan fingerprint density at radius 1 is 1.35 bits per heavy atom. The number of aromatic nitrogens is 1. The molecule has 1 aromatic heterocycles. The zero-order valence-corrected chi connectivity index (χ0v) is 12.8. The molecular weight excluding hydrogens is 276 g/mol. The van der Waals surface area contributed by atoms with Gasteiger partial charge in [-0.3, -0.25) is 4.98 Å². The van der Waals surface area contributed by atoms with E-state index in [2.05, 4.69) is 66.1 Å². The largest absolute Gasteiger partial charge is 0.313 e. The van der Waals surface area contributed by atoms with Crippen molar-refractivity contribution in [2.24, 2.45) is 5.41 Å². The lowest BCUT2D eigenvalue weighted by molar-refractivity contribution is 0.231. The van der Waals surface area contributed by atoms with Gasteiger partial charge in [0.15, 0.2) is 0 Å². The second kappa shape index (κ2) is 6.50. The summed E-state index contributed by atoms with van der Waals surface area (Å²) in [4.78, 5) is 4.46. The predicted octanol–water partition coefficient (Wildman–Crippen LogP) is 3.80. The van der Waals surface area contributed by atoms with Crippen LogP contribution in [-0.2, 0) is 6.42 Å². The van der Waals surface area contributed by atoms with Crippen LogP contribution >= 0.6 is 15.9 Å². The van der Waals surface area contributed by atoms with Crippen molar-refractivity contribution in [1.82, 2.24) is 10.3 Å². The molecule has 0 aromatic carbocycles. The van der Waals surface area contributed by atoms with Crippen LogP contribution in [0.25, 0.3) is 0 Å². The topological polar surface area (TPSA) is 24.9 Å². The zero-order valence-electron chi connectivity index (χ0n) is 11.3. The van der Waals surface area contributed by atoms with Gasteiger partial charge in [0.2, 0.25) is 0 Å². The van der Waals surface area contributed by atoms with Gasteiger partial charge in [-0.05, 0) is 46.4 Å². The van der Waals surface area contributed by atoms with E-state index in [-0.39, 0.29) is 0 Å². The molecule has 1 rings (SSSR count). The van der Waals surface area contributed by atoms with Crippen molar-refractivity contribution >= 4 is 15.9 Å². The van der Waals surface area contributed by atoms with Crippen LogP contribution in [-0.4, -0.2) is 17.6 Å². The van der Waals surface area contributed by atoms with Gasteiger partial charge in [-0.15, -0.1) is 0 Å². The average molecular weight is 299 g/mol. The first-order valence-electron chi connectivity index (χ1n) is 6.33. The van der Waals surface area contributed by atoms with Gasteiger partial charge in [-0.1, -0.05) is 27.7 Å². The van der Waals surface area contributed by atoms with Crippen molar-refractivity contribution in [3.05, 3.63) is 28.5 Å². The maximum absolute atomic E-state index is 4.46. The lowest BCUT2D eigenvalue weighted by atomic mass is 9.79. The second-order valence-electron chi connectivity index (χ2n) is 5.12. The van der Waals surface area contributed by atoms with Crippen LogP contribution in [0.2, 0.25) is 0 Å². The molecule has 1 unspecified atom stereocenters. The third kappa shape index (κ3) is 4.40. The molecule has 0 saturated carbocycles. The van der Waals surface area contributed by atoms with E-state index < -0.39 is 0 Å². The lowest BCUT2D eigenvalue weighted by Gasteiger charge is -2.34. The highest BCUT2D eigenvalue weighted by molar-refractivity contribution is 9.10. The molecule has 0 aliphatic carbocycles. The monoisotopic (exact) mass is 298 g/mol. The summed E-state index contributed by atoms with van der Waals surface area (Å²) in [6.45, 7) is 10.1. The standard InChI is InChI=1S/C14H23BrN2/c1-5-14(3,4)13(16-6-2)9-12-8-7-11(15)10-17-12/h7-8,10,13,16H,5-6,9H2,1-4H3. The number of rotatable bonds is 6. The third-order valence-corrected chi connectivity index (χ3v) is 3.98. The molecule has 96 valence electrons. The highest BCUT2D eigenvalue weighted by atomic mass is 79.9. The Morgan fingerprint density at radius 3 is 2.53 bits per heavy atom. The molecule has 1 heterocycles. The molecule has 3 heteroatoms. The molecule has 0 radical (unpaired) electrons. The van der Waals surface area contributed by atoms with Gasteiger partial charge in [-0.25, -0.2) is 0 Å². The molecular formula is C14H23BrN2. The molecule has 0 amide bonds. The third-order valence-electron chi connectivity index (χ3n) is 3.51. The Balaban J connectivity index is 2.76. The molecule has 0 aliphatic heterocycles. The Hall–Kier alpha value is -0.410. The molecule has 1 N–H and O–H groups in total. The number of nitrogens with one attached hydrogen (secondary N) is 1. The highest BCUT2D eigenvalue weighted by Crippen LogP contribution is 2.27. The SMILES string of the molecule is CCNC(Cc1ccc(Br)cn1)C(C)(C)CC. The summed E-state index contributed by atoms with van der Waals surface area (Å²) in [5.41, 5.74) is 1.45. The van der Waals surface area contributed by atoms with Crippen LogP contribution in [0, 0.1) is 5.41 Å². The Labute approximate surface area is 113 Å². The van der Waals surface area contributed by atoms with E-state index in [0.717, 1.165) is 23.1 Å². The molecule has 0 bridgehead atoms. The number of hydrogen-bond donors (Lipinski definition) is 1. The van der Waals surface area contributed by atoms with E-state index >= 15 is 0 Å².